The summed E-state index contributed by atoms with van der Waals surface area (Å²) in [6, 6.07) is 3.98. The van der Waals surface area contributed by atoms with E-state index in [1.807, 2.05) is 20.0 Å². The SMILES string of the molecule is CCc1cc2[nH]c(-c3n[nH]c4c3C[C@@H](C)CC4)nc2cc1N(C)C(=O)C(C)N1CCOCC1. The summed E-state index contributed by atoms with van der Waals surface area (Å²) in [5.74, 6) is 1.55. The molecule has 176 valence electrons. The maximum Gasteiger partial charge on any atom is 0.243 e. The number of morpholine rings is 1. The van der Waals surface area contributed by atoms with Crippen molar-refractivity contribution in [1.82, 2.24) is 25.1 Å². The Morgan fingerprint density at radius 2 is 2.12 bits per heavy atom. The van der Waals surface area contributed by atoms with Crippen LogP contribution in [0.25, 0.3) is 22.6 Å². The third kappa shape index (κ3) is 4.06. The monoisotopic (exact) mass is 450 g/mol. The van der Waals surface area contributed by atoms with E-state index in [1.165, 1.54) is 17.7 Å². The number of aromatic nitrogens is 4. The summed E-state index contributed by atoms with van der Waals surface area (Å²) in [4.78, 5) is 25.7. The Bertz CT molecular complexity index is 1160. The quantitative estimate of drug-likeness (QED) is 0.622. The number of hydrogen-bond acceptors (Lipinski definition) is 5. The minimum Gasteiger partial charge on any atom is -0.379 e. The van der Waals surface area contributed by atoms with Gasteiger partial charge in [-0.15, -0.1) is 0 Å². The number of hydrogen-bond donors (Lipinski definition) is 2. The van der Waals surface area contributed by atoms with Crippen LogP contribution in [-0.2, 0) is 28.8 Å². The average molecular weight is 451 g/mol. The van der Waals surface area contributed by atoms with Crippen molar-refractivity contribution >= 4 is 22.6 Å². The predicted molar refractivity (Wildman–Crippen MR) is 130 cm³/mol. The molecule has 2 aliphatic rings. The molecule has 0 saturated carbocycles. The van der Waals surface area contributed by atoms with Crippen molar-refractivity contribution in [2.24, 2.45) is 5.92 Å². The molecule has 2 aromatic heterocycles. The van der Waals surface area contributed by atoms with Crippen LogP contribution in [0.15, 0.2) is 12.1 Å². The van der Waals surface area contributed by atoms with Crippen LogP contribution in [0, 0.1) is 5.92 Å². The first kappa shape index (κ1) is 22.1. The van der Waals surface area contributed by atoms with Crippen LogP contribution in [0.4, 0.5) is 5.69 Å². The van der Waals surface area contributed by atoms with Crippen molar-refractivity contribution in [3.63, 3.8) is 0 Å². The number of aromatic amines is 2. The Labute approximate surface area is 194 Å². The molecule has 1 aliphatic heterocycles. The van der Waals surface area contributed by atoms with E-state index in [2.05, 4.69) is 40.0 Å². The van der Waals surface area contributed by atoms with E-state index in [0.29, 0.717) is 19.1 Å². The molecule has 1 unspecified atom stereocenters. The zero-order chi connectivity index (χ0) is 23.1. The molecule has 8 heteroatoms. The number of benzene rings is 1. The molecule has 1 fully saturated rings. The number of carbonyl (C=O) groups excluding carboxylic acids is 1. The molecule has 1 saturated heterocycles. The van der Waals surface area contributed by atoms with Crippen LogP contribution in [-0.4, -0.2) is 70.4 Å². The highest BCUT2D eigenvalue weighted by Gasteiger charge is 2.28. The van der Waals surface area contributed by atoms with Gasteiger partial charge in [-0.3, -0.25) is 14.8 Å². The molecule has 0 radical (unpaired) electrons. The zero-order valence-electron chi connectivity index (χ0n) is 20.1. The van der Waals surface area contributed by atoms with Crippen molar-refractivity contribution in [2.75, 3.05) is 38.3 Å². The molecule has 1 amide bonds. The lowest BCUT2D eigenvalue weighted by Crippen LogP contribution is -2.50. The van der Waals surface area contributed by atoms with Gasteiger partial charge in [0, 0.05) is 37.1 Å². The normalized spacial score (nSPS) is 20.1. The van der Waals surface area contributed by atoms with E-state index < -0.39 is 0 Å². The maximum atomic E-state index is 13.3. The summed E-state index contributed by atoms with van der Waals surface area (Å²) in [5.41, 5.74) is 7.34. The van der Waals surface area contributed by atoms with Gasteiger partial charge in [-0.05, 0) is 56.2 Å². The minimum absolute atomic E-state index is 0.0945. The Hall–Kier alpha value is -2.71. The number of fused-ring (bicyclic) bond motifs is 2. The Morgan fingerprint density at radius 1 is 1.33 bits per heavy atom. The van der Waals surface area contributed by atoms with E-state index in [4.69, 9.17) is 9.72 Å². The molecule has 0 bridgehead atoms. The van der Waals surface area contributed by atoms with Gasteiger partial charge >= 0.3 is 0 Å². The second kappa shape index (κ2) is 8.91. The predicted octanol–water partition coefficient (Wildman–Crippen LogP) is 3.32. The van der Waals surface area contributed by atoms with Crippen LogP contribution in [0.2, 0.25) is 0 Å². The van der Waals surface area contributed by atoms with Crippen molar-refractivity contribution < 1.29 is 9.53 Å². The molecular weight excluding hydrogens is 416 g/mol. The first-order chi connectivity index (χ1) is 16.0. The summed E-state index contributed by atoms with van der Waals surface area (Å²) in [6.45, 7) is 9.34. The Balaban J connectivity index is 1.47. The van der Waals surface area contributed by atoms with Gasteiger partial charge in [-0.25, -0.2) is 4.98 Å². The number of likely N-dealkylation sites (N-methyl/N-ethyl adjacent to an activating group) is 1. The van der Waals surface area contributed by atoms with Gasteiger partial charge < -0.3 is 14.6 Å². The maximum absolute atomic E-state index is 13.3. The molecule has 3 aromatic rings. The molecular formula is C25H34N6O2. The summed E-state index contributed by atoms with van der Waals surface area (Å²) >= 11 is 0. The van der Waals surface area contributed by atoms with Crippen LogP contribution >= 0.6 is 0 Å². The topological polar surface area (TPSA) is 90.1 Å². The fourth-order valence-corrected chi connectivity index (χ4v) is 5.18. The Morgan fingerprint density at radius 3 is 2.88 bits per heavy atom. The molecule has 5 rings (SSSR count). The lowest BCUT2D eigenvalue weighted by Gasteiger charge is -2.34. The lowest BCUT2D eigenvalue weighted by atomic mass is 9.88. The number of aryl methyl sites for hydroxylation is 2. The number of imidazole rings is 1. The van der Waals surface area contributed by atoms with E-state index in [0.717, 1.165) is 66.2 Å². The molecule has 33 heavy (non-hydrogen) atoms. The lowest BCUT2D eigenvalue weighted by molar-refractivity contribution is -0.124. The highest BCUT2D eigenvalue weighted by molar-refractivity contribution is 5.99. The smallest absolute Gasteiger partial charge is 0.243 e. The number of carbonyl (C=O) groups is 1. The second-order valence-corrected chi connectivity index (χ2v) is 9.54. The van der Waals surface area contributed by atoms with Gasteiger partial charge in [-0.2, -0.15) is 5.10 Å². The number of amides is 1. The highest BCUT2D eigenvalue weighted by Crippen LogP contribution is 2.33. The van der Waals surface area contributed by atoms with E-state index >= 15 is 0 Å². The van der Waals surface area contributed by atoms with Crippen molar-refractivity contribution in [2.45, 2.75) is 52.5 Å². The summed E-state index contributed by atoms with van der Waals surface area (Å²) < 4.78 is 5.45. The van der Waals surface area contributed by atoms with Crippen LogP contribution < -0.4 is 4.90 Å². The molecule has 2 N–H and O–H groups in total. The third-order valence-electron chi connectivity index (χ3n) is 7.32. The second-order valence-electron chi connectivity index (χ2n) is 9.54. The van der Waals surface area contributed by atoms with Crippen LogP contribution in [0.3, 0.4) is 0 Å². The van der Waals surface area contributed by atoms with Crippen molar-refractivity contribution in [1.29, 1.82) is 0 Å². The van der Waals surface area contributed by atoms with Gasteiger partial charge in [0.2, 0.25) is 5.91 Å². The molecule has 1 aliphatic carbocycles. The third-order valence-corrected chi connectivity index (χ3v) is 7.32. The molecule has 8 nitrogen and oxygen atoms in total. The minimum atomic E-state index is -0.188. The van der Waals surface area contributed by atoms with Crippen molar-refractivity contribution in [3.05, 3.63) is 29.0 Å². The largest absolute Gasteiger partial charge is 0.379 e. The molecule has 1 aromatic carbocycles. The summed E-state index contributed by atoms with van der Waals surface area (Å²) in [5, 5.41) is 7.83. The average Bonchev–Trinajstić information content (AvgIpc) is 3.45. The highest BCUT2D eigenvalue weighted by atomic mass is 16.5. The molecule has 0 spiro atoms. The first-order valence-corrected chi connectivity index (χ1v) is 12.1. The van der Waals surface area contributed by atoms with Gasteiger partial charge in [0.05, 0.1) is 30.3 Å². The van der Waals surface area contributed by atoms with Crippen LogP contribution in [0.1, 0.15) is 44.0 Å². The fraction of sp³-hybridized carbons (Fsp3) is 0.560. The molecule has 3 heterocycles. The standard InChI is InChI=1S/C25H34N6O2/c1-5-17-13-20-21(14-22(17)30(4)25(32)16(3)31-8-10-33-11-9-31)27-24(26-20)23-18-12-15(2)6-7-19(18)28-29-23/h13-16H,5-12H2,1-4H3,(H,26,27)(H,28,29)/t15-,16?/m0/s1. The summed E-state index contributed by atoms with van der Waals surface area (Å²) in [6.07, 6.45) is 4.10. The Kier molecular flexibility index (Phi) is 5.97. The summed E-state index contributed by atoms with van der Waals surface area (Å²) in [7, 11) is 1.87. The first-order valence-electron chi connectivity index (χ1n) is 12.1. The zero-order valence-corrected chi connectivity index (χ0v) is 20.1. The van der Waals surface area contributed by atoms with E-state index in [-0.39, 0.29) is 11.9 Å². The van der Waals surface area contributed by atoms with E-state index in [9.17, 15) is 4.79 Å². The number of nitrogens with zero attached hydrogens (tertiary/aromatic N) is 4. The van der Waals surface area contributed by atoms with Crippen molar-refractivity contribution in [3.8, 4) is 11.5 Å². The van der Waals surface area contributed by atoms with Gasteiger partial charge in [0.1, 0.15) is 5.69 Å². The number of nitrogens with one attached hydrogen (secondary N) is 2. The van der Waals surface area contributed by atoms with Crippen LogP contribution in [0.5, 0.6) is 0 Å². The molecule has 2 atom stereocenters. The number of anilines is 1. The van der Waals surface area contributed by atoms with Gasteiger partial charge in [-0.1, -0.05) is 13.8 Å². The van der Waals surface area contributed by atoms with E-state index in [1.54, 1.807) is 4.90 Å². The fourth-order valence-electron chi connectivity index (χ4n) is 5.18. The number of H-pyrrole nitrogens is 2. The number of ether oxygens (including phenoxy) is 1. The van der Waals surface area contributed by atoms with Gasteiger partial charge in [0.15, 0.2) is 5.82 Å². The van der Waals surface area contributed by atoms with Gasteiger partial charge in [0.25, 0.3) is 0 Å². The number of rotatable bonds is 5.